The lowest BCUT2D eigenvalue weighted by atomic mass is 9.95. The van der Waals surface area contributed by atoms with Gasteiger partial charge in [-0.3, -0.25) is 5.32 Å². The van der Waals surface area contributed by atoms with Crippen LogP contribution >= 0.6 is 0 Å². The van der Waals surface area contributed by atoms with Gasteiger partial charge in [-0.25, -0.2) is 8.42 Å². The monoisotopic (exact) mass is 216 g/mol. The third-order valence-corrected chi connectivity index (χ3v) is 4.47. The molecule has 14 heavy (non-hydrogen) atoms. The number of hydrogen-bond donors (Lipinski definition) is 2. The zero-order chi connectivity index (χ0) is 10.7. The molecule has 1 aliphatic heterocycles. The Balaban J connectivity index is 2.74. The largest absolute Gasteiger partial charge is 0.329 e. The quantitative estimate of drug-likeness (QED) is 0.601. The van der Waals surface area contributed by atoms with Crippen LogP contribution in [-0.2, 0) is 9.84 Å². The van der Waals surface area contributed by atoms with Crippen molar-refractivity contribution < 1.29 is 8.42 Å². The van der Waals surface area contributed by atoms with Crippen LogP contribution in [0.2, 0.25) is 0 Å². The topological polar surface area (TPSA) is 72.2 Å². The van der Waals surface area contributed by atoms with Crippen molar-refractivity contribution in [1.82, 2.24) is 5.32 Å². The number of hydrogen-bond acceptors (Lipinski definition) is 4. The SMILES string of the molecule is C#CCNC1(CN)CCCS(=O)(=O)C1. The van der Waals surface area contributed by atoms with Crippen molar-refractivity contribution in [3.05, 3.63) is 0 Å². The third-order valence-electron chi connectivity index (χ3n) is 2.56. The highest BCUT2D eigenvalue weighted by Crippen LogP contribution is 2.21. The molecule has 1 atom stereocenters. The van der Waals surface area contributed by atoms with Crippen LogP contribution in [0.1, 0.15) is 12.8 Å². The zero-order valence-corrected chi connectivity index (χ0v) is 8.94. The van der Waals surface area contributed by atoms with E-state index in [-0.39, 0.29) is 11.5 Å². The van der Waals surface area contributed by atoms with Crippen LogP contribution in [0.5, 0.6) is 0 Å². The summed E-state index contributed by atoms with van der Waals surface area (Å²) in [6, 6.07) is 0. The van der Waals surface area contributed by atoms with Crippen LogP contribution in [0.3, 0.4) is 0 Å². The van der Waals surface area contributed by atoms with Gasteiger partial charge in [0.2, 0.25) is 0 Å². The average molecular weight is 216 g/mol. The van der Waals surface area contributed by atoms with Gasteiger partial charge < -0.3 is 5.73 Å². The summed E-state index contributed by atoms with van der Waals surface area (Å²) >= 11 is 0. The molecule has 5 heteroatoms. The molecule has 1 saturated heterocycles. The number of sulfone groups is 1. The summed E-state index contributed by atoms with van der Waals surface area (Å²) in [5.41, 5.74) is 5.11. The first-order valence-corrected chi connectivity index (χ1v) is 6.45. The van der Waals surface area contributed by atoms with Crippen LogP contribution in [0.15, 0.2) is 0 Å². The minimum atomic E-state index is -2.94. The highest BCUT2D eigenvalue weighted by Gasteiger charge is 2.37. The molecular formula is C9H16N2O2S. The summed E-state index contributed by atoms with van der Waals surface area (Å²) in [6.07, 6.45) is 6.57. The average Bonchev–Trinajstić information content (AvgIpc) is 2.13. The van der Waals surface area contributed by atoms with Crippen molar-refractivity contribution in [2.75, 3.05) is 24.6 Å². The van der Waals surface area contributed by atoms with Crippen LogP contribution in [0.25, 0.3) is 0 Å². The summed E-state index contributed by atoms with van der Waals surface area (Å²) in [6.45, 7) is 0.681. The van der Waals surface area contributed by atoms with Crippen molar-refractivity contribution >= 4 is 9.84 Å². The molecule has 0 bridgehead atoms. The maximum atomic E-state index is 11.4. The molecule has 1 rings (SSSR count). The summed E-state index contributed by atoms with van der Waals surface area (Å²) in [5.74, 6) is 2.82. The van der Waals surface area contributed by atoms with E-state index in [4.69, 9.17) is 12.2 Å². The van der Waals surface area contributed by atoms with E-state index >= 15 is 0 Å². The van der Waals surface area contributed by atoms with Gasteiger partial charge in [0.15, 0.2) is 9.84 Å². The molecule has 0 aromatic carbocycles. The molecule has 1 heterocycles. The maximum Gasteiger partial charge on any atom is 0.152 e. The van der Waals surface area contributed by atoms with Crippen LogP contribution in [0, 0.1) is 12.3 Å². The standard InChI is InChI=1S/C9H16N2O2S/c1-2-5-11-9(7-10)4-3-6-14(12,13)8-9/h1,11H,3-8,10H2. The molecule has 4 nitrogen and oxygen atoms in total. The molecule has 0 aromatic rings. The second-order valence-electron chi connectivity index (χ2n) is 3.74. The highest BCUT2D eigenvalue weighted by atomic mass is 32.2. The summed E-state index contributed by atoms with van der Waals surface area (Å²) in [7, 11) is -2.94. The molecule has 0 aliphatic carbocycles. The molecular weight excluding hydrogens is 200 g/mol. The first-order chi connectivity index (χ1) is 6.54. The van der Waals surface area contributed by atoms with E-state index in [0.29, 0.717) is 19.5 Å². The Morgan fingerprint density at radius 2 is 2.29 bits per heavy atom. The highest BCUT2D eigenvalue weighted by molar-refractivity contribution is 7.91. The van der Waals surface area contributed by atoms with Crippen molar-refractivity contribution in [3.8, 4) is 12.3 Å². The van der Waals surface area contributed by atoms with Gasteiger partial charge in [0.25, 0.3) is 0 Å². The molecule has 0 radical (unpaired) electrons. The van der Waals surface area contributed by atoms with Crippen molar-refractivity contribution in [3.63, 3.8) is 0 Å². The fourth-order valence-electron chi connectivity index (χ4n) is 1.81. The first-order valence-electron chi connectivity index (χ1n) is 4.63. The lowest BCUT2D eigenvalue weighted by Crippen LogP contribution is -2.58. The van der Waals surface area contributed by atoms with Crippen LogP contribution in [0.4, 0.5) is 0 Å². The lowest BCUT2D eigenvalue weighted by Gasteiger charge is -2.36. The second-order valence-corrected chi connectivity index (χ2v) is 5.92. The van der Waals surface area contributed by atoms with Gasteiger partial charge in [-0.2, -0.15) is 0 Å². The van der Waals surface area contributed by atoms with Gasteiger partial charge in [-0.15, -0.1) is 6.42 Å². The fraction of sp³-hybridized carbons (Fsp3) is 0.778. The lowest BCUT2D eigenvalue weighted by molar-refractivity contribution is 0.342. The van der Waals surface area contributed by atoms with E-state index in [1.165, 1.54) is 0 Å². The predicted molar refractivity (Wildman–Crippen MR) is 56.5 cm³/mol. The normalized spacial score (nSPS) is 30.9. The van der Waals surface area contributed by atoms with Gasteiger partial charge in [0.05, 0.1) is 18.1 Å². The minimum Gasteiger partial charge on any atom is -0.329 e. The van der Waals surface area contributed by atoms with E-state index < -0.39 is 15.4 Å². The van der Waals surface area contributed by atoms with Crippen molar-refractivity contribution in [2.45, 2.75) is 18.4 Å². The third kappa shape index (κ3) is 2.71. The Morgan fingerprint density at radius 1 is 1.57 bits per heavy atom. The zero-order valence-electron chi connectivity index (χ0n) is 8.12. The Morgan fingerprint density at radius 3 is 2.79 bits per heavy atom. The molecule has 0 amide bonds. The number of nitrogens with two attached hydrogens (primary N) is 1. The predicted octanol–water partition coefficient (Wildman–Crippen LogP) is -0.885. The molecule has 0 spiro atoms. The van der Waals surface area contributed by atoms with Gasteiger partial charge in [0, 0.05) is 12.1 Å². The molecule has 80 valence electrons. The molecule has 1 fully saturated rings. The number of nitrogens with one attached hydrogen (secondary N) is 1. The Kier molecular flexibility index (Phi) is 3.53. The van der Waals surface area contributed by atoms with Crippen molar-refractivity contribution in [1.29, 1.82) is 0 Å². The molecule has 1 unspecified atom stereocenters. The molecule has 1 aliphatic rings. The number of terminal acetylenes is 1. The summed E-state index contributed by atoms with van der Waals surface area (Å²) in [4.78, 5) is 0. The van der Waals surface area contributed by atoms with Gasteiger partial charge in [-0.1, -0.05) is 5.92 Å². The molecule has 0 aromatic heterocycles. The van der Waals surface area contributed by atoms with E-state index in [1.807, 2.05) is 0 Å². The Labute approximate surface area is 85.2 Å². The fourth-order valence-corrected chi connectivity index (χ4v) is 3.74. The van der Waals surface area contributed by atoms with Gasteiger partial charge >= 0.3 is 0 Å². The Bertz CT molecular complexity index is 331. The van der Waals surface area contributed by atoms with Crippen LogP contribution < -0.4 is 11.1 Å². The van der Waals surface area contributed by atoms with Gasteiger partial charge in [0.1, 0.15) is 0 Å². The van der Waals surface area contributed by atoms with E-state index in [9.17, 15) is 8.42 Å². The maximum absolute atomic E-state index is 11.4. The van der Waals surface area contributed by atoms with Crippen molar-refractivity contribution in [2.24, 2.45) is 5.73 Å². The number of rotatable bonds is 3. The molecule has 3 N–H and O–H groups in total. The van der Waals surface area contributed by atoms with Gasteiger partial charge in [-0.05, 0) is 12.8 Å². The summed E-state index contributed by atoms with van der Waals surface area (Å²) in [5, 5.41) is 3.05. The molecule has 0 saturated carbocycles. The second kappa shape index (κ2) is 4.30. The summed E-state index contributed by atoms with van der Waals surface area (Å²) < 4.78 is 22.9. The van der Waals surface area contributed by atoms with E-state index in [2.05, 4.69) is 11.2 Å². The van der Waals surface area contributed by atoms with E-state index in [0.717, 1.165) is 6.42 Å². The van der Waals surface area contributed by atoms with E-state index in [1.54, 1.807) is 0 Å². The Hall–Kier alpha value is -0.570. The minimum absolute atomic E-state index is 0.109. The smallest absolute Gasteiger partial charge is 0.152 e. The first kappa shape index (κ1) is 11.5. The van der Waals surface area contributed by atoms with Crippen LogP contribution in [-0.4, -0.2) is 38.6 Å².